The molecule has 2 aromatic heterocycles. The van der Waals surface area contributed by atoms with Gasteiger partial charge in [-0.1, -0.05) is 11.6 Å². The van der Waals surface area contributed by atoms with Gasteiger partial charge in [0.25, 0.3) is 5.91 Å². The quantitative estimate of drug-likeness (QED) is 0.610. The first kappa shape index (κ1) is 21.8. The fraction of sp³-hybridized carbons (Fsp3) is 0.273. The zero-order chi connectivity index (χ0) is 22.7. The van der Waals surface area contributed by atoms with Gasteiger partial charge in [-0.05, 0) is 42.8 Å². The monoisotopic (exact) mass is 456 g/mol. The highest BCUT2D eigenvalue weighted by molar-refractivity contribution is 6.30. The van der Waals surface area contributed by atoms with E-state index in [1.54, 1.807) is 35.2 Å². The number of carbonyl (C=O) groups excluding carboxylic acids is 2. The standard InChI is InChI=1S/C22H21ClN4O5/c23-16-3-5-19(24-12-16)25-20(28)13-27-17-4-2-14(10-15(17)11-18(27)22(30)31)21(29)26-6-1-8-32-9-7-26/h2-5,10-12H,1,6-9,13H2,(H,30,31)(H,24,25,28). The smallest absolute Gasteiger partial charge is 0.352 e. The molecule has 1 saturated heterocycles. The Morgan fingerprint density at radius 3 is 2.72 bits per heavy atom. The van der Waals surface area contributed by atoms with Gasteiger partial charge < -0.3 is 24.6 Å². The lowest BCUT2D eigenvalue weighted by Gasteiger charge is -2.19. The number of pyridine rings is 1. The van der Waals surface area contributed by atoms with E-state index in [0.717, 1.165) is 6.42 Å². The van der Waals surface area contributed by atoms with Crippen LogP contribution in [-0.2, 0) is 16.1 Å². The van der Waals surface area contributed by atoms with Crippen molar-refractivity contribution in [3.8, 4) is 0 Å². The summed E-state index contributed by atoms with van der Waals surface area (Å²) in [6.07, 6.45) is 2.17. The minimum Gasteiger partial charge on any atom is -0.477 e. The highest BCUT2D eigenvalue weighted by Crippen LogP contribution is 2.23. The Bertz CT molecular complexity index is 1170. The summed E-state index contributed by atoms with van der Waals surface area (Å²) in [6.45, 7) is 2.01. The maximum atomic E-state index is 12.9. The van der Waals surface area contributed by atoms with Crippen molar-refractivity contribution in [1.29, 1.82) is 0 Å². The highest BCUT2D eigenvalue weighted by atomic mass is 35.5. The van der Waals surface area contributed by atoms with E-state index in [1.165, 1.54) is 16.8 Å². The number of nitrogens with zero attached hydrogens (tertiary/aromatic N) is 3. The number of ether oxygens (including phenoxy) is 1. The normalized spacial score (nSPS) is 14.2. The van der Waals surface area contributed by atoms with E-state index in [1.807, 2.05) is 0 Å². The molecule has 0 unspecified atom stereocenters. The molecule has 32 heavy (non-hydrogen) atoms. The predicted octanol–water partition coefficient (Wildman–Crippen LogP) is 2.89. The van der Waals surface area contributed by atoms with Gasteiger partial charge in [0, 0.05) is 42.4 Å². The van der Waals surface area contributed by atoms with Crippen LogP contribution < -0.4 is 5.32 Å². The molecular weight excluding hydrogens is 436 g/mol. The van der Waals surface area contributed by atoms with Crippen LogP contribution >= 0.6 is 11.6 Å². The summed E-state index contributed by atoms with van der Waals surface area (Å²) >= 11 is 5.80. The third-order valence-corrected chi connectivity index (χ3v) is 5.40. The number of amides is 2. The Balaban J connectivity index is 1.59. The van der Waals surface area contributed by atoms with E-state index >= 15 is 0 Å². The lowest BCUT2D eigenvalue weighted by molar-refractivity contribution is -0.116. The number of anilines is 1. The molecule has 0 bridgehead atoms. The van der Waals surface area contributed by atoms with Gasteiger partial charge in [-0.15, -0.1) is 0 Å². The van der Waals surface area contributed by atoms with Gasteiger partial charge in [0.05, 0.1) is 11.6 Å². The molecular formula is C22H21ClN4O5. The van der Waals surface area contributed by atoms with Crippen molar-refractivity contribution in [2.45, 2.75) is 13.0 Å². The largest absolute Gasteiger partial charge is 0.477 e. The van der Waals surface area contributed by atoms with Crippen LogP contribution in [0.1, 0.15) is 27.3 Å². The second-order valence-corrected chi connectivity index (χ2v) is 7.80. The number of benzene rings is 1. The minimum atomic E-state index is -1.17. The molecule has 1 fully saturated rings. The van der Waals surface area contributed by atoms with Crippen LogP contribution in [-0.4, -0.2) is 63.6 Å². The first-order valence-corrected chi connectivity index (χ1v) is 10.4. The van der Waals surface area contributed by atoms with Crippen LogP contribution in [0.2, 0.25) is 5.02 Å². The molecule has 166 valence electrons. The predicted molar refractivity (Wildman–Crippen MR) is 118 cm³/mol. The van der Waals surface area contributed by atoms with Crippen molar-refractivity contribution in [1.82, 2.24) is 14.5 Å². The first-order valence-electron chi connectivity index (χ1n) is 10.1. The maximum Gasteiger partial charge on any atom is 0.352 e. The summed E-state index contributed by atoms with van der Waals surface area (Å²) in [7, 11) is 0. The summed E-state index contributed by atoms with van der Waals surface area (Å²) in [6, 6.07) is 9.58. The van der Waals surface area contributed by atoms with Crippen LogP contribution in [0.3, 0.4) is 0 Å². The molecule has 1 aromatic carbocycles. The van der Waals surface area contributed by atoms with Crippen molar-refractivity contribution in [2.75, 3.05) is 31.6 Å². The van der Waals surface area contributed by atoms with Crippen LogP contribution in [0, 0.1) is 0 Å². The number of hydrogen-bond acceptors (Lipinski definition) is 5. The molecule has 0 aliphatic carbocycles. The van der Waals surface area contributed by atoms with Crippen molar-refractivity contribution in [3.05, 3.63) is 58.9 Å². The summed E-state index contributed by atoms with van der Waals surface area (Å²) in [4.78, 5) is 43.0. The fourth-order valence-electron chi connectivity index (χ4n) is 3.66. The number of hydrogen-bond donors (Lipinski definition) is 2. The number of nitrogens with one attached hydrogen (secondary N) is 1. The molecule has 0 radical (unpaired) electrons. The molecule has 2 amide bonds. The number of aromatic nitrogens is 2. The zero-order valence-corrected chi connectivity index (χ0v) is 17.8. The Morgan fingerprint density at radius 2 is 1.97 bits per heavy atom. The number of aromatic carboxylic acids is 1. The van der Waals surface area contributed by atoms with Crippen molar-refractivity contribution in [3.63, 3.8) is 0 Å². The third-order valence-electron chi connectivity index (χ3n) is 5.17. The van der Waals surface area contributed by atoms with Crippen molar-refractivity contribution >= 4 is 46.1 Å². The fourth-order valence-corrected chi connectivity index (χ4v) is 3.77. The van der Waals surface area contributed by atoms with Gasteiger partial charge in [0.15, 0.2) is 0 Å². The molecule has 1 aliphatic heterocycles. The number of halogens is 1. The van der Waals surface area contributed by atoms with E-state index in [-0.39, 0.29) is 18.1 Å². The number of fused-ring (bicyclic) bond motifs is 1. The topological polar surface area (TPSA) is 114 Å². The molecule has 9 nitrogen and oxygen atoms in total. The van der Waals surface area contributed by atoms with Gasteiger partial charge in [0.1, 0.15) is 18.1 Å². The molecule has 0 spiro atoms. The summed E-state index contributed by atoms with van der Waals surface area (Å²) in [5, 5.41) is 13.3. The number of carbonyl (C=O) groups is 3. The van der Waals surface area contributed by atoms with E-state index in [9.17, 15) is 19.5 Å². The lowest BCUT2D eigenvalue weighted by Crippen LogP contribution is -2.33. The van der Waals surface area contributed by atoms with Gasteiger partial charge in [-0.3, -0.25) is 9.59 Å². The molecule has 3 aromatic rings. The molecule has 0 saturated carbocycles. The van der Waals surface area contributed by atoms with E-state index in [2.05, 4.69) is 10.3 Å². The van der Waals surface area contributed by atoms with E-state index in [0.29, 0.717) is 53.6 Å². The minimum absolute atomic E-state index is 0.0491. The Kier molecular flexibility index (Phi) is 6.38. The Labute approximate surface area is 188 Å². The van der Waals surface area contributed by atoms with E-state index in [4.69, 9.17) is 16.3 Å². The summed E-state index contributed by atoms with van der Waals surface area (Å²) < 4.78 is 6.80. The highest BCUT2D eigenvalue weighted by Gasteiger charge is 2.21. The summed E-state index contributed by atoms with van der Waals surface area (Å²) in [5.41, 5.74) is 0.952. The third kappa shape index (κ3) is 4.74. The molecule has 2 N–H and O–H groups in total. The average Bonchev–Trinajstić information content (AvgIpc) is 2.94. The number of rotatable bonds is 5. The van der Waals surface area contributed by atoms with Gasteiger partial charge >= 0.3 is 5.97 Å². The zero-order valence-electron chi connectivity index (χ0n) is 17.1. The van der Waals surface area contributed by atoms with Crippen LogP contribution in [0.25, 0.3) is 10.9 Å². The van der Waals surface area contributed by atoms with Crippen LogP contribution in [0.15, 0.2) is 42.6 Å². The lowest BCUT2D eigenvalue weighted by atomic mass is 10.1. The second kappa shape index (κ2) is 9.37. The van der Waals surface area contributed by atoms with Gasteiger partial charge in [-0.25, -0.2) is 9.78 Å². The average molecular weight is 457 g/mol. The molecule has 0 atom stereocenters. The SMILES string of the molecule is O=C(Cn1c(C(=O)O)cc2cc(C(=O)N3CCCOCC3)ccc21)Nc1ccc(Cl)cn1. The van der Waals surface area contributed by atoms with Gasteiger partial charge in [-0.2, -0.15) is 0 Å². The molecule has 4 rings (SSSR count). The second-order valence-electron chi connectivity index (χ2n) is 7.36. The molecule has 1 aliphatic rings. The summed E-state index contributed by atoms with van der Waals surface area (Å²) in [5.74, 6) is -1.43. The van der Waals surface area contributed by atoms with Gasteiger partial charge in [0.2, 0.25) is 5.91 Å². The van der Waals surface area contributed by atoms with Crippen molar-refractivity contribution < 1.29 is 24.2 Å². The maximum absolute atomic E-state index is 12.9. The number of carboxylic acid groups (broad SMARTS) is 1. The van der Waals surface area contributed by atoms with Crippen molar-refractivity contribution in [2.24, 2.45) is 0 Å². The van der Waals surface area contributed by atoms with Crippen LogP contribution in [0.5, 0.6) is 0 Å². The Morgan fingerprint density at radius 1 is 1.12 bits per heavy atom. The Hall–Kier alpha value is -3.43. The van der Waals surface area contributed by atoms with E-state index < -0.39 is 11.9 Å². The molecule has 10 heteroatoms. The molecule has 3 heterocycles. The van der Waals surface area contributed by atoms with Crippen LogP contribution in [0.4, 0.5) is 5.82 Å². The number of carboxylic acids is 1. The first-order chi connectivity index (χ1) is 15.4.